The largest absolute Gasteiger partial charge is 0.508 e. The average Bonchev–Trinajstić information content (AvgIpc) is 3.66. The number of nitrogens with one attached hydrogen (secondary N) is 2. The maximum absolute atomic E-state index is 13.2. The van der Waals surface area contributed by atoms with E-state index in [1.165, 1.54) is 86.3 Å². The van der Waals surface area contributed by atoms with Crippen LogP contribution in [0.5, 0.6) is 28.7 Å². The minimum atomic E-state index is -2.99. The second-order valence-corrected chi connectivity index (χ2v) is 21.3. The van der Waals surface area contributed by atoms with Crippen LogP contribution in [0.15, 0.2) is 110 Å². The van der Waals surface area contributed by atoms with E-state index in [0.717, 1.165) is 36.8 Å². The van der Waals surface area contributed by atoms with E-state index in [0.29, 0.717) is 67.2 Å². The number of carbonyl (C=O) groups is 4. The van der Waals surface area contributed by atoms with Gasteiger partial charge in [0.25, 0.3) is 23.1 Å². The van der Waals surface area contributed by atoms with E-state index in [-0.39, 0.29) is 85.1 Å². The number of aromatic nitrogens is 3. The number of alkyl halides is 2. The minimum Gasteiger partial charge on any atom is -0.508 e. The summed E-state index contributed by atoms with van der Waals surface area (Å²) in [7, 11) is 1.62. The number of nitrogens with zero attached hydrogens (tertiary/aromatic N) is 4. The highest BCUT2D eigenvalue weighted by Gasteiger charge is 2.45. The van der Waals surface area contributed by atoms with Crippen LogP contribution in [-0.2, 0) is 21.7 Å². The lowest BCUT2D eigenvalue weighted by Crippen LogP contribution is -2.31. The van der Waals surface area contributed by atoms with E-state index < -0.39 is 35.7 Å². The Bertz CT molecular complexity index is 3470. The Kier molecular flexibility index (Phi) is 21.6. The Hall–Kier alpha value is -7.76. The fourth-order valence-electron chi connectivity index (χ4n) is 9.42. The molecule has 0 spiro atoms. The van der Waals surface area contributed by atoms with Crippen LogP contribution in [0.1, 0.15) is 103 Å². The molecule has 0 atom stereocenters. The van der Waals surface area contributed by atoms with Crippen LogP contribution >= 0.6 is 46.4 Å². The molecule has 3 aliphatic rings. The Morgan fingerprint density at radius 3 is 1.98 bits per heavy atom. The molecule has 2 amide bonds. The monoisotopic (exact) mass is 1220 g/mol. The molecule has 3 heterocycles. The van der Waals surface area contributed by atoms with E-state index in [4.69, 9.17) is 67.2 Å². The third-order valence-corrected chi connectivity index (χ3v) is 15.2. The van der Waals surface area contributed by atoms with Crippen molar-refractivity contribution in [2.75, 3.05) is 24.4 Å². The second-order valence-electron chi connectivity index (χ2n) is 19.6. The molecule has 436 valence electrons. The predicted molar refractivity (Wildman–Crippen MR) is 310 cm³/mol. The van der Waals surface area contributed by atoms with Crippen LogP contribution in [0.2, 0.25) is 20.1 Å². The molecule has 10 rings (SSSR count). The molecule has 16 nitrogen and oxygen atoms in total. The molecular weight excluding hydrogens is 1160 g/mol. The molecule has 0 unspecified atom stereocenters. The van der Waals surface area contributed by atoms with Crippen molar-refractivity contribution in [2.24, 2.45) is 11.8 Å². The molecule has 3 aromatic heterocycles. The van der Waals surface area contributed by atoms with Crippen LogP contribution in [-0.4, -0.2) is 74.7 Å². The summed E-state index contributed by atoms with van der Waals surface area (Å²) in [6, 6.07) is 20.2. The fraction of sp³-hybridized carbons (Fsp3) is 0.317. The number of rotatable bonds is 17. The highest BCUT2D eigenvalue weighted by molar-refractivity contribution is 6.50. The molecule has 3 aliphatic carbocycles. The maximum atomic E-state index is 13.2. The first-order valence-electron chi connectivity index (χ1n) is 25.8. The van der Waals surface area contributed by atoms with Gasteiger partial charge in [0.05, 0.1) is 62.8 Å². The first-order chi connectivity index (χ1) is 39.3. The van der Waals surface area contributed by atoms with E-state index >= 15 is 0 Å². The lowest BCUT2D eigenvalue weighted by Gasteiger charge is -2.30. The smallest absolute Gasteiger partial charge is 0.387 e. The molecule has 3 saturated carbocycles. The first kappa shape index (κ1) is 62.8. The number of methoxy groups -OCH3 is 1. The Labute approximate surface area is 496 Å². The number of carboxylic acids is 1. The van der Waals surface area contributed by atoms with Crippen molar-refractivity contribution in [3.63, 3.8) is 0 Å². The molecule has 3 fully saturated rings. The number of carbonyl (C=O) groups excluding carboxylic acids is 3. The number of ether oxygens (including phenoxy) is 4. The molecule has 0 bridgehead atoms. The Morgan fingerprint density at radius 2 is 1.40 bits per heavy atom. The van der Waals surface area contributed by atoms with Crippen molar-refractivity contribution < 1.29 is 61.5 Å². The zero-order valence-electron chi connectivity index (χ0n) is 43.8. The van der Waals surface area contributed by atoms with Crippen LogP contribution in [0.3, 0.4) is 0 Å². The number of pyridine rings is 2. The minimum absolute atomic E-state index is 0. The van der Waals surface area contributed by atoms with E-state index in [9.17, 15) is 42.6 Å². The van der Waals surface area contributed by atoms with E-state index in [1.54, 1.807) is 29.9 Å². The highest BCUT2D eigenvalue weighted by atomic mass is 35.5. The number of phenolic OH excluding ortho intramolecular Hbond substituents is 1. The Balaban J connectivity index is 0.000000179. The molecule has 0 radical (unpaired) electrons. The number of anilines is 2. The summed E-state index contributed by atoms with van der Waals surface area (Å²) < 4.78 is 61.7. The predicted octanol–water partition coefficient (Wildman–Crippen LogP) is 15.1. The van der Waals surface area contributed by atoms with Gasteiger partial charge in [0, 0.05) is 72.4 Å². The van der Waals surface area contributed by atoms with Crippen LogP contribution < -0.4 is 29.6 Å². The van der Waals surface area contributed by atoms with Crippen molar-refractivity contribution in [3.05, 3.63) is 169 Å². The first-order valence-corrected chi connectivity index (χ1v) is 27.4. The van der Waals surface area contributed by atoms with Crippen molar-refractivity contribution in [3.8, 4) is 28.7 Å². The SMILES string of the molecule is C.O=C(Nc1c(Cl)cncc1Cl)C(=O)c1cn(Cc2ccc(F)cc2)c2ccc(O)cc12.O=C(Nc1c(Cl)cncc1Cl)c1ccc(OC(F)F)c(OCC2CC2)c1.[C-]#[N+]C1(c2ccc(OC)c(OC3CCCC3)c2)CCC(C(=O)O)CC1. The fourth-order valence-corrected chi connectivity index (χ4v) is 10.3. The lowest BCUT2D eigenvalue weighted by atomic mass is 9.73. The zero-order chi connectivity index (χ0) is 58.7. The van der Waals surface area contributed by atoms with Gasteiger partial charge in [-0.3, -0.25) is 29.1 Å². The summed E-state index contributed by atoms with van der Waals surface area (Å²) in [4.78, 5) is 60.8. The number of amides is 2. The number of hydrogen-bond donors (Lipinski definition) is 4. The zero-order valence-corrected chi connectivity index (χ0v) is 46.8. The van der Waals surface area contributed by atoms with Crippen molar-refractivity contribution in [2.45, 2.75) is 96.4 Å². The van der Waals surface area contributed by atoms with Crippen molar-refractivity contribution in [1.82, 2.24) is 14.5 Å². The van der Waals surface area contributed by atoms with E-state index in [2.05, 4.69) is 30.2 Å². The van der Waals surface area contributed by atoms with Crippen LogP contribution in [0.4, 0.5) is 24.5 Å². The standard InChI is InChI=1S/C22H14Cl2FN3O3.C20H25NO4.C17H14Cl2F2N2O3.CH4/c23-17-8-26-9-18(24)20(17)27-22(31)21(30)16-11-28(10-12-1-3-13(25)4-2-12)19-6-5-14(29)7-15(16)19;1-21-20(11-9-14(10-12-20)19(22)23)15-7-8-17(24-2)18(13-15)25-16-5-3-4-6-16;18-11-6-22-7-12(19)15(11)23-16(24)10-3-4-13(26-17(20)21)14(5-10)25-8-9-1-2-9;/h1-9,11,29H,10H2,(H,26,27,31);7-8,13-14,16H,3-6,9-12H2,2H3,(H,22,23);3-7,9,17H,1-2,8H2,(H,22,23,24);1H4. The van der Waals surface area contributed by atoms with Gasteiger partial charge in [-0.05, 0) is 130 Å². The van der Waals surface area contributed by atoms with Gasteiger partial charge >= 0.3 is 12.6 Å². The van der Waals surface area contributed by atoms with Gasteiger partial charge in [-0.2, -0.15) is 8.78 Å². The molecular formula is C60H57Cl4F3N6O10. The summed E-state index contributed by atoms with van der Waals surface area (Å²) in [5.41, 5.74) is 2.25. The number of aliphatic carboxylic acids is 1. The molecule has 0 saturated heterocycles. The van der Waals surface area contributed by atoms with E-state index in [1.807, 2.05) is 18.2 Å². The second kappa shape index (κ2) is 28.5. The number of ketones is 1. The topological polar surface area (TPSA) is 205 Å². The summed E-state index contributed by atoms with van der Waals surface area (Å²) in [5.74, 6) is -2.05. The lowest BCUT2D eigenvalue weighted by molar-refractivity contribution is -0.143. The van der Waals surface area contributed by atoms with Gasteiger partial charge in [-0.1, -0.05) is 66.0 Å². The molecule has 4 aromatic carbocycles. The van der Waals surface area contributed by atoms with Gasteiger partial charge < -0.3 is 49.2 Å². The van der Waals surface area contributed by atoms with Crippen LogP contribution in [0, 0.1) is 24.2 Å². The number of aromatic hydroxyl groups is 1. The number of carboxylic acid groups (broad SMARTS) is 1. The summed E-state index contributed by atoms with van der Waals surface area (Å²) in [5, 5.41) is 25.0. The van der Waals surface area contributed by atoms with Crippen molar-refractivity contribution in [1.29, 1.82) is 0 Å². The van der Waals surface area contributed by atoms with Gasteiger partial charge in [0.15, 0.2) is 23.0 Å². The number of phenols is 1. The summed E-state index contributed by atoms with van der Waals surface area (Å²) >= 11 is 24.0. The third-order valence-electron chi connectivity index (χ3n) is 14.0. The quantitative estimate of drug-likeness (QED) is 0.0382. The normalized spacial score (nSPS) is 16.4. The number of hydrogen-bond acceptors (Lipinski definition) is 11. The number of fused-ring (bicyclic) bond motifs is 1. The van der Waals surface area contributed by atoms with Gasteiger partial charge in [0.2, 0.25) is 0 Å². The summed E-state index contributed by atoms with van der Waals surface area (Å²) in [6.07, 6.45) is 15.8. The molecule has 23 heteroatoms. The van der Waals surface area contributed by atoms with Gasteiger partial charge in [-0.25, -0.2) is 11.0 Å². The Morgan fingerprint density at radius 1 is 0.783 bits per heavy atom. The van der Waals surface area contributed by atoms with Gasteiger partial charge in [-0.15, -0.1) is 0 Å². The van der Waals surface area contributed by atoms with Crippen LogP contribution in [0.25, 0.3) is 15.7 Å². The number of Topliss-reactive ketones (excluding diaryl/α,β-unsaturated/α-hetero) is 1. The maximum Gasteiger partial charge on any atom is 0.387 e. The highest BCUT2D eigenvalue weighted by Crippen LogP contribution is 2.46. The molecule has 83 heavy (non-hydrogen) atoms. The van der Waals surface area contributed by atoms with Crippen molar-refractivity contribution >= 4 is 92.2 Å². The molecule has 4 N–H and O–H groups in total. The molecule has 0 aliphatic heterocycles. The summed E-state index contributed by atoms with van der Waals surface area (Å²) in [6.45, 7) is 5.47. The number of halogens is 7. The molecule has 7 aromatic rings. The van der Waals surface area contributed by atoms with Gasteiger partial charge in [0.1, 0.15) is 11.6 Å². The number of benzene rings is 4. The average molecular weight is 1220 g/mol. The third kappa shape index (κ3) is 16.1.